The van der Waals surface area contributed by atoms with Gasteiger partial charge in [-0.05, 0) is 6.42 Å². The highest BCUT2D eigenvalue weighted by atomic mass is 32.1. The number of aryl methyl sites for hydroxylation is 1. The van der Waals surface area contributed by atoms with Crippen LogP contribution in [-0.2, 0) is 6.42 Å². The van der Waals surface area contributed by atoms with Gasteiger partial charge < -0.3 is 10.0 Å². The lowest BCUT2D eigenvalue weighted by molar-refractivity contribution is -0.119. The predicted octanol–water partition coefficient (Wildman–Crippen LogP) is 2.40. The summed E-state index contributed by atoms with van der Waals surface area (Å²) in [4.78, 5) is 15.6. The predicted molar refractivity (Wildman–Crippen MR) is 57.8 cm³/mol. The molecule has 17 heavy (non-hydrogen) atoms. The lowest BCUT2D eigenvalue weighted by Crippen LogP contribution is -2.30. The second kappa shape index (κ2) is 4.91. The third-order valence-corrected chi connectivity index (χ3v) is 3.16. The Morgan fingerprint density at radius 1 is 1.53 bits per heavy atom. The first-order chi connectivity index (χ1) is 7.74. The maximum Gasteiger partial charge on any atom is 0.405 e. The first kappa shape index (κ1) is 13.8. The second-order valence-corrected chi connectivity index (χ2v) is 4.38. The van der Waals surface area contributed by atoms with Gasteiger partial charge in [-0.1, -0.05) is 18.3 Å². The number of anilines is 1. The highest BCUT2D eigenvalue weighted by Gasteiger charge is 2.31. The number of nitrogens with zero attached hydrogens (tertiary/aromatic N) is 2. The molecule has 1 aromatic rings. The van der Waals surface area contributed by atoms with Gasteiger partial charge in [0.25, 0.3) is 0 Å². The summed E-state index contributed by atoms with van der Waals surface area (Å²) in [5, 5.41) is 8.92. The largest absolute Gasteiger partial charge is 0.477 e. The highest BCUT2D eigenvalue weighted by molar-refractivity contribution is 7.17. The molecule has 0 aliphatic rings. The van der Waals surface area contributed by atoms with Crippen molar-refractivity contribution < 1.29 is 23.1 Å². The van der Waals surface area contributed by atoms with E-state index in [1.54, 1.807) is 6.92 Å². The molecule has 0 bridgehead atoms. The van der Waals surface area contributed by atoms with Crippen molar-refractivity contribution in [2.45, 2.75) is 19.5 Å². The Morgan fingerprint density at radius 2 is 2.12 bits per heavy atom. The van der Waals surface area contributed by atoms with E-state index >= 15 is 0 Å². The Labute approximate surface area is 99.7 Å². The molecule has 0 spiro atoms. The van der Waals surface area contributed by atoms with Crippen LogP contribution in [0.25, 0.3) is 0 Å². The van der Waals surface area contributed by atoms with E-state index in [2.05, 4.69) is 4.98 Å². The molecule has 0 aromatic carbocycles. The van der Waals surface area contributed by atoms with E-state index in [0.29, 0.717) is 12.1 Å². The average Bonchev–Trinajstić information content (AvgIpc) is 2.58. The highest BCUT2D eigenvalue weighted by Crippen LogP contribution is 2.28. The van der Waals surface area contributed by atoms with Crippen molar-refractivity contribution in [3.8, 4) is 0 Å². The van der Waals surface area contributed by atoms with Gasteiger partial charge in [-0.2, -0.15) is 13.2 Å². The zero-order chi connectivity index (χ0) is 13.2. The lowest BCUT2D eigenvalue weighted by atomic mass is 10.3. The summed E-state index contributed by atoms with van der Waals surface area (Å²) in [5.41, 5.74) is 0.312. The van der Waals surface area contributed by atoms with Crippen LogP contribution in [0.2, 0.25) is 0 Å². The topological polar surface area (TPSA) is 53.4 Å². The van der Waals surface area contributed by atoms with Crippen molar-refractivity contribution in [3.63, 3.8) is 0 Å². The van der Waals surface area contributed by atoms with E-state index in [9.17, 15) is 18.0 Å². The normalized spacial score (nSPS) is 11.6. The standard InChI is InChI=1S/C9H11F3N2O2S/c1-3-5-6(7(15)16)17-8(13-5)14(2)4-9(10,11)12/h3-4H2,1-2H3,(H,15,16). The first-order valence-corrected chi connectivity index (χ1v) is 5.57. The average molecular weight is 268 g/mol. The number of carboxylic acid groups (broad SMARTS) is 1. The van der Waals surface area contributed by atoms with Crippen LogP contribution in [0.5, 0.6) is 0 Å². The maximum absolute atomic E-state index is 12.2. The molecule has 96 valence electrons. The quantitative estimate of drug-likeness (QED) is 0.911. The van der Waals surface area contributed by atoms with Gasteiger partial charge in [-0.3, -0.25) is 0 Å². The van der Waals surface area contributed by atoms with E-state index in [0.717, 1.165) is 16.2 Å². The molecule has 0 aliphatic carbocycles. The van der Waals surface area contributed by atoms with Crippen LogP contribution in [-0.4, -0.2) is 35.8 Å². The summed E-state index contributed by atoms with van der Waals surface area (Å²) in [6.07, 6.45) is -3.96. The number of hydrogen-bond donors (Lipinski definition) is 1. The Kier molecular flexibility index (Phi) is 3.97. The third kappa shape index (κ3) is 3.58. The molecule has 0 amide bonds. The molecule has 0 radical (unpaired) electrons. The zero-order valence-corrected chi connectivity index (χ0v) is 10.0. The van der Waals surface area contributed by atoms with Gasteiger partial charge in [0.15, 0.2) is 5.13 Å². The van der Waals surface area contributed by atoms with Gasteiger partial charge in [0, 0.05) is 7.05 Å². The van der Waals surface area contributed by atoms with Gasteiger partial charge in [0.2, 0.25) is 0 Å². The van der Waals surface area contributed by atoms with Gasteiger partial charge in [-0.15, -0.1) is 0 Å². The van der Waals surface area contributed by atoms with Gasteiger partial charge in [0.1, 0.15) is 11.4 Å². The summed E-state index contributed by atoms with van der Waals surface area (Å²) >= 11 is 0.756. The molecule has 1 heterocycles. The Bertz CT molecular complexity index is 417. The molecule has 4 nitrogen and oxygen atoms in total. The van der Waals surface area contributed by atoms with Crippen molar-refractivity contribution in [2.75, 3.05) is 18.5 Å². The lowest BCUT2D eigenvalue weighted by Gasteiger charge is -2.17. The van der Waals surface area contributed by atoms with Crippen LogP contribution in [0.15, 0.2) is 0 Å². The van der Waals surface area contributed by atoms with E-state index in [4.69, 9.17) is 5.11 Å². The summed E-state index contributed by atoms with van der Waals surface area (Å²) in [6.45, 7) is 0.553. The molecular weight excluding hydrogens is 257 g/mol. The van der Waals surface area contributed by atoms with Crippen molar-refractivity contribution in [3.05, 3.63) is 10.6 Å². The minimum absolute atomic E-state index is 0.00322. The van der Waals surface area contributed by atoms with Crippen molar-refractivity contribution in [1.29, 1.82) is 0 Å². The molecule has 0 saturated heterocycles. The monoisotopic (exact) mass is 268 g/mol. The number of alkyl halides is 3. The van der Waals surface area contributed by atoms with E-state index in [1.165, 1.54) is 7.05 Å². The van der Waals surface area contributed by atoms with Crippen molar-refractivity contribution in [1.82, 2.24) is 4.98 Å². The SMILES string of the molecule is CCc1nc(N(C)CC(F)(F)F)sc1C(=O)O. The number of aromatic carboxylic acids is 1. The van der Waals surface area contributed by atoms with E-state index in [-0.39, 0.29) is 10.0 Å². The molecule has 1 N–H and O–H groups in total. The number of thiazole rings is 1. The molecule has 0 aliphatic heterocycles. The fourth-order valence-corrected chi connectivity index (χ4v) is 2.20. The molecule has 0 fully saturated rings. The molecule has 0 saturated carbocycles. The summed E-state index contributed by atoms with van der Waals surface area (Å²) in [6, 6.07) is 0. The number of rotatable bonds is 4. The summed E-state index contributed by atoms with van der Waals surface area (Å²) in [5.74, 6) is -1.16. The van der Waals surface area contributed by atoms with Crippen molar-refractivity contribution in [2.24, 2.45) is 0 Å². The van der Waals surface area contributed by atoms with Gasteiger partial charge in [0.05, 0.1) is 5.69 Å². The molecule has 8 heteroatoms. The molecule has 0 unspecified atom stereocenters. The van der Waals surface area contributed by atoms with Gasteiger partial charge in [-0.25, -0.2) is 9.78 Å². The fourth-order valence-electron chi connectivity index (χ4n) is 1.25. The fraction of sp³-hybridized carbons (Fsp3) is 0.556. The number of aromatic nitrogens is 1. The number of carboxylic acids is 1. The minimum Gasteiger partial charge on any atom is -0.477 e. The Hall–Kier alpha value is -1.31. The Balaban J connectivity index is 2.96. The summed E-state index contributed by atoms with van der Waals surface area (Å²) < 4.78 is 36.5. The van der Waals surface area contributed by atoms with Crippen LogP contribution >= 0.6 is 11.3 Å². The minimum atomic E-state index is -4.34. The Morgan fingerprint density at radius 3 is 2.47 bits per heavy atom. The molecular formula is C9H11F3N2O2S. The number of halogens is 3. The van der Waals surface area contributed by atoms with Crippen LogP contribution < -0.4 is 4.90 Å². The molecule has 1 aromatic heterocycles. The van der Waals surface area contributed by atoms with Crippen LogP contribution in [0.1, 0.15) is 22.3 Å². The first-order valence-electron chi connectivity index (χ1n) is 4.75. The smallest absolute Gasteiger partial charge is 0.405 e. The third-order valence-electron chi connectivity index (χ3n) is 1.96. The van der Waals surface area contributed by atoms with E-state index < -0.39 is 18.7 Å². The second-order valence-electron chi connectivity index (χ2n) is 3.40. The van der Waals surface area contributed by atoms with Crippen LogP contribution in [0.4, 0.5) is 18.3 Å². The van der Waals surface area contributed by atoms with Crippen molar-refractivity contribution >= 4 is 22.4 Å². The molecule has 1 rings (SSSR count). The maximum atomic E-state index is 12.2. The van der Waals surface area contributed by atoms with Gasteiger partial charge >= 0.3 is 12.1 Å². The molecule has 0 atom stereocenters. The van der Waals surface area contributed by atoms with Crippen LogP contribution in [0.3, 0.4) is 0 Å². The summed E-state index contributed by atoms with van der Waals surface area (Å²) in [7, 11) is 1.23. The zero-order valence-electron chi connectivity index (χ0n) is 9.21. The number of hydrogen-bond acceptors (Lipinski definition) is 4. The van der Waals surface area contributed by atoms with E-state index in [1.807, 2.05) is 0 Å². The number of carbonyl (C=O) groups is 1. The van der Waals surface area contributed by atoms with Crippen LogP contribution in [0, 0.1) is 0 Å².